The molecule has 0 aromatic carbocycles. The van der Waals surface area contributed by atoms with Crippen molar-refractivity contribution in [3.8, 4) is 0 Å². The highest BCUT2D eigenvalue weighted by Crippen LogP contribution is 2.12. The van der Waals surface area contributed by atoms with Crippen LogP contribution in [0.3, 0.4) is 0 Å². The highest BCUT2D eigenvalue weighted by Gasteiger charge is 2.28. The van der Waals surface area contributed by atoms with Crippen molar-refractivity contribution in [2.75, 3.05) is 38.5 Å². The maximum absolute atomic E-state index is 12.0. The molecule has 2 atom stereocenters. The van der Waals surface area contributed by atoms with Gasteiger partial charge in [0.25, 0.3) is 0 Å². The van der Waals surface area contributed by atoms with Crippen molar-refractivity contribution in [3.63, 3.8) is 0 Å². The van der Waals surface area contributed by atoms with Gasteiger partial charge in [0.1, 0.15) is 0 Å². The molecule has 0 radical (unpaired) electrons. The van der Waals surface area contributed by atoms with Crippen molar-refractivity contribution in [3.05, 3.63) is 0 Å². The van der Waals surface area contributed by atoms with Gasteiger partial charge in [-0.1, -0.05) is 6.92 Å². The van der Waals surface area contributed by atoms with Crippen molar-refractivity contribution < 1.29 is 13.2 Å². The van der Waals surface area contributed by atoms with Crippen LogP contribution in [0, 0.1) is 0 Å². The molecule has 1 aliphatic heterocycles. The standard InChI is InChI=1S/C11H24N2O3S/c1-3-13-6-7-16-11(8-13)9-17(14,15)10(2)4-5-12/h10-11H,3-9,12H2,1-2H3. The van der Waals surface area contributed by atoms with Crippen molar-refractivity contribution in [1.29, 1.82) is 0 Å². The number of hydrogen-bond acceptors (Lipinski definition) is 5. The SMILES string of the molecule is CCN1CCOC(CS(=O)(=O)C(C)CCN)C1. The van der Waals surface area contributed by atoms with Crippen molar-refractivity contribution in [2.24, 2.45) is 5.73 Å². The Balaban J connectivity index is 2.52. The zero-order valence-electron chi connectivity index (χ0n) is 10.8. The van der Waals surface area contributed by atoms with Gasteiger partial charge in [0.15, 0.2) is 9.84 Å². The van der Waals surface area contributed by atoms with Crippen LogP contribution in [0.4, 0.5) is 0 Å². The molecule has 2 unspecified atom stereocenters. The molecule has 0 aromatic heterocycles. The number of morpholine rings is 1. The van der Waals surface area contributed by atoms with Crippen LogP contribution >= 0.6 is 0 Å². The minimum Gasteiger partial charge on any atom is -0.374 e. The quantitative estimate of drug-likeness (QED) is 0.723. The van der Waals surface area contributed by atoms with Gasteiger partial charge in [0.05, 0.1) is 23.7 Å². The highest BCUT2D eigenvalue weighted by atomic mass is 32.2. The van der Waals surface area contributed by atoms with E-state index in [0.717, 1.165) is 13.1 Å². The Bertz CT molecular complexity index is 319. The van der Waals surface area contributed by atoms with E-state index in [1.165, 1.54) is 0 Å². The van der Waals surface area contributed by atoms with E-state index in [4.69, 9.17) is 10.5 Å². The van der Waals surface area contributed by atoms with Gasteiger partial charge >= 0.3 is 0 Å². The summed E-state index contributed by atoms with van der Waals surface area (Å²) in [6, 6.07) is 0. The molecule has 0 bridgehead atoms. The number of ether oxygens (including phenoxy) is 1. The summed E-state index contributed by atoms with van der Waals surface area (Å²) in [7, 11) is -3.09. The van der Waals surface area contributed by atoms with Crippen molar-refractivity contribution in [2.45, 2.75) is 31.6 Å². The fraction of sp³-hybridized carbons (Fsp3) is 1.00. The maximum Gasteiger partial charge on any atom is 0.155 e. The van der Waals surface area contributed by atoms with E-state index in [0.29, 0.717) is 26.1 Å². The molecule has 5 nitrogen and oxygen atoms in total. The third-order valence-corrected chi connectivity index (χ3v) is 5.57. The molecule has 1 aliphatic rings. The molecule has 1 heterocycles. The fourth-order valence-corrected chi connectivity index (χ4v) is 3.55. The zero-order chi connectivity index (χ0) is 12.9. The van der Waals surface area contributed by atoms with Gasteiger partial charge in [0, 0.05) is 13.1 Å². The summed E-state index contributed by atoms with van der Waals surface area (Å²) < 4.78 is 29.6. The lowest BCUT2D eigenvalue weighted by Crippen LogP contribution is -2.46. The van der Waals surface area contributed by atoms with Gasteiger partial charge < -0.3 is 10.5 Å². The first-order valence-electron chi connectivity index (χ1n) is 6.25. The average molecular weight is 264 g/mol. The zero-order valence-corrected chi connectivity index (χ0v) is 11.6. The van der Waals surface area contributed by atoms with Gasteiger partial charge in [-0.05, 0) is 26.4 Å². The molecule has 0 saturated carbocycles. The lowest BCUT2D eigenvalue weighted by Gasteiger charge is -2.32. The molecule has 6 heteroatoms. The Labute approximate surface area is 104 Å². The molecule has 0 spiro atoms. The minimum absolute atomic E-state index is 0.116. The average Bonchev–Trinajstić information content (AvgIpc) is 2.29. The van der Waals surface area contributed by atoms with E-state index in [2.05, 4.69) is 11.8 Å². The van der Waals surface area contributed by atoms with E-state index in [1.54, 1.807) is 6.92 Å². The van der Waals surface area contributed by atoms with Crippen molar-refractivity contribution in [1.82, 2.24) is 4.90 Å². The molecule has 1 fully saturated rings. The van der Waals surface area contributed by atoms with Gasteiger partial charge in [-0.15, -0.1) is 0 Å². The molecule has 102 valence electrons. The fourth-order valence-electron chi connectivity index (χ4n) is 2.01. The topological polar surface area (TPSA) is 72.6 Å². The summed E-state index contributed by atoms with van der Waals surface area (Å²) in [5.41, 5.74) is 5.40. The second kappa shape index (κ2) is 6.68. The first-order chi connectivity index (χ1) is 7.99. The summed E-state index contributed by atoms with van der Waals surface area (Å²) in [6.07, 6.45) is 0.334. The number of hydrogen-bond donors (Lipinski definition) is 1. The van der Waals surface area contributed by atoms with Gasteiger partial charge in [-0.3, -0.25) is 4.90 Å². The minimum atomic E-state index is -3.09. The van der Waals surface area contributed by atoms with Crippen LogP contribution in [0.25, 0.3) is 0 Å². The maximum atomic E-state index is 12.0. The van der Waals surface area contributed by atoms with Crippen LogP contribution in [0.5, 0.6) is 0 Å². The smallest absolute Gasteiger partial charge is 0.155 e. The highest BCUT2D eigenvalue weighted by molar-refractivity contribution is 7.92. The summed E-state index contributed by atoms with van der Waals surface area (Å²) in [6.45, 7) is 7.39. The summed E-state index contributed by atoms with van der Waals surface area (Å²) in [5, 5.41) is -0.367. The molecular weight excluding hydrogens is 240 g/mol. The third-order valence-electron chi connectivity index (χ3n) is 3.27. The molecule has 0 amide bonds. The normalized spacial score (nSPS) is 24.8. The molecule has 1 rings (SSSR count). The van der Waals surface area contributed by atoms with Crippen LogP contribution in [0.1, 0.15) is 20.3 Å². The molecule has 17 heavy (non-hydrogen) atoms. The van der Waals surface area contributed by atoms with E-state index < -0.39 is 9.84 Å². The van der Waals surface area contributed by atoms with Crippen LogP contribution in [0.2, 0.25) is 0 Å². The van der Waals surface area contributed by atoms with Crippen LogP contribution in [0.15, 0.2) is 0 Å². The Morgan fingerprint density at radius 1 is 1.53 bits per heavy atom. The molecular formula is C11H24N2O3S. The van der Waals surface area contributed by atoms with Gasteiger partial charge in [0.2, 0.25) is 0 Å². The molecule has 1 saturated heterocycles. The number of rotatable bonds is 6. The first-order valence-corrected chi connectivity index (χ1v) is 7.96. The summed E-state index contributed by atoms with van der Waals surface area (Å²) in [5.74, 6) is 0.116. The van der Waals surface area contributed by atoms with Gasteiger partial charge in [-0.25, -0.2) is 8.42 Å². The third kappa shape index (κ3) is 4.54. The first kappa shape index (κ1) is 14.9. The monoisotopic (exact) mass is 264 g/mol. The summed E-state index contributed by atoms with van der Waals surface area (Å²) >= 11 is 0. The Kier molecular flexibility index (Phi) is 5.85. The Morgan fingerprint density at radius 3 is 2.82 bits per heavy atom. The lowest BCUT2D eigenvalue weighted by molar-refractivity contribution is -0.0145. The summed E-state index contributed by atoms with van der Waals surface area (Å²) in [4.78, 5) is 2.22. The molecule has 0 aliphatic carbocycles. The van der Waals surface area contributed by atoms with E-state index >= 15 is 0 Å². The van der Waals surface area contributed by atoms with E-state index in [1.807, 2.05) is 0 Å². The van der Waals surface area contributed by atoms with Crippen LogP contribution < -0.4 is 5.73 Å². The second-order valence-electron chi connectivity index (χ2n) is 4.60. The Hall–Kier alpha value is -0.170. The Morgan fingerprint density at radius 2 is 2.24 bits per heavy atom. The predicted octanol–water partition coefficient (Wildman–Crippen LogP) is -0.141. The number of likely N-dealkylation sites (N-methyl/N-ethyl adjacent to an activating group) is 1. The van der Waals surface area contributed by atoms with Gasteiger partial charge in [-0.2, -0.15) is 0 Å². The van der Waals surface area contributed by atoms with Crippen molar-refractivity contribution >= 4 is 9.84 Å². The van der Waals surface area contributed by atoms with Crippen LogP contribution in [-0.4, -0.2) is 63.2 Å². The number of nitrogens with two attached hydrogens (primary N) is 1. The second-order valence-corrected chi connectivity index (χ2v) is 7.07. The number of nitrogens with zero attached hydrogens (tertiary/aromatic N) is 1. The largest absolute Gasteiger partial charge is 0.374 e. The lowest BCUT2D eigenvalue weighted by atomic mass is 10.3. The molecule has 2 N–H and O–H groups in total. The predicted molar refractivity (Wildman–Crippen MR) is 68.8 cm³/mol. The van der Waals surface area contributed by atoms with Crippen LogP contribution in [-0.2, 0) is 14.6 Å². The molecule has 0 aromatic rings. The van der Waals surface area contributed by atoms with E-state index in [9.17, 15) is 8.42 Å². The van der Waals surface area contributed by atoms with E-state index in [-0.39, 0.29) is 17.1 Å². The number of sulfone groups is 1.